The fraction of sp³-hybridized carbons (Fsp3) is 0.400. The smallest absolute Gasteiger partial charge is 0.415 e. The molecule has 1 aromatic carbocycles. The number of alkyl carbamates (subject to hydrolysis) is 1. The van der Waals surface area contributed by atoms with Gasteiger partial charge in [-0.05, 0) is 37.0 Å². The molecule has 1 amide bonds. The Bertz CT molecular complexity index is 916. The molecule has 1 aliphatic heterocycles. The van der Waals surface area contributed by atoms with Crippen LogP contribution in [0.15, 0.2) is 35.8 Å². The minimum atomic E-state index is -0.557. The number of fused-ring (bicyclic) bond motifs is 1. The number of amides is 1. The van der Waals surface area contributed by atoms with E-state index in [-0.39, 0.29) is 6.02 Å². The molecule has 1 N–H and O–H groups in total. The van der Waals surface area contributed by atoms with Gasteiger partial charge in [-0.2, -0.15) is 0 Å². The summed E-state index contributed by atoms with van der Waals surface area (Å²) in [6.07, 6.45) is 6.89. The van der Waals surface area contributed by atoms with Crippen molar-refractivity contribution in [1.29, 1.82) is 0 Å². The zero-order valence-electron chi connectivity index (χ0n) is 15.9. The normalized spacial score (nSPS) is 20.1. The molecule has 1 aromatic heterocycles. The lowest BCUT2D eigenvalue weighted by Crippen LogP contribution is -2.36. The summed E-state index contributed by atoms with van der Waals surface area (Å²) in [7, 11) is 1.67. The summed E-state index contributed by atoms with van der Waals surface area (Å²) in [5.41, 5.74) is 4.01. The largest absolute Gasteiger partial charge is 0.496 e. The van der Waals surface area contributed by atoms with Gasteiger partial charge >= 0.3 is 6.09 Å². The Kier molecular flexibility index (Phi) is 4.85. The number of carbonyl (C=O) groups is 1. The molecule has 8 heteroatoms. The molecule has 1 unspecified atom stereocenters. The highest BCUT2D eigenvalue weighted by Crippen LogP contribution is 2.42. The maximum atomic E-state index is 11.6. The number of ether oxygens (including phenoxy) is 3. The number of amidine groups is 1. The van der Waals surface area contributed by atoms with Gasteiger partial charge in [0.25, 0.3) is 6.02 Å². The Labute approximate surface area is 163 Å². The summed E-state index contributed by atoms with van der Waals surface area (Å²) in [5, 5.41) is 2.56. The summed E-state index contributed by atoms with van der Waals surface area (Å²) >= 11 is 0. The SMILES string of the molecule is CCOC(=O)NC1=NC2(CCc3c(-c4cncnc4)ccc(OC)c3C2)CO1. The summed E-state index contributed by atoms with van der Waals surface area (Å²) in [6.45, 7) is 2.45. The maximum absolute atomic E-state index is 11.6. The van der Waals surface area contributed by atoms with Crippen molar-refractivity contribution in [3.05, 3.63) is 42.0 Å². The number of aromatic nitrogens is 2. The van der Waals surface area contributed by atoms with E-state index in [0.717, 1.165) is 35.3 Å². The number of nitrogens with one attached hydrogen (secondary N) is 1. The lowest BCUT2D eigenvalue weighted by molar-refractivity contribution is 0.154. The number of hydrogen-bond acceptors (Lipinski definition) is 7. The molecule has 0 saturated carbocycles. The number of carbonyl (C=O) groups excluding carboxylic acids is 1. The van der Waals surface area contributed by atoms with Gasteiger partial charge in [-0.1, -0.05) is 6.07 Å². The molecule has 0 radical (unpaired) electrons. The van der Waals surface area contributed by atoms with Gasteiger partial charge in [-0.3, -0.25) is 0 Å². The summed E-state index contributed by atoms with van der Waals surface area (Å²) in [4.78, 5) is 24.6. The van der Waals surface area contributed by atoms with Gasteiger partial charge < -0.3 is 14.2 Å². The van der Waals surface area contributed by atoms with E-state index in [9.17, 15) is 4.79 Å². The van der Waals surface area contributed by atoms with Gasteiger partial charge in [0.05, 0.1) is 13.7 Å². The van der Waals surface area contributed by atoms with Crippen LogP contribution in [-0.2, 0) is 22.3 Å². The highest BCUT2D eigenvalue weighted by atomic mass is 16.6. The molecule has 4 rings (SSSR count). The number of hydrogen-bond donors (Lipinski definition) is 1. The lowest BCUT2D eigenvalue weighted by Gasteiger charge is -2.32. The fourth-order valence-electron chi connectivity index (χ4n) is 3.85. The predicted molar refractivity (Wildman–Crippen MR) is 102 cm³/mol. The van der Waals surface area contributed by atoms with Crippen molar-refractivity contribution in [3.63, 3.8) is 0 Å². The van der Waals surface area contributed by atoms with Crippen LogP contribution in [0, 0.1) is 0 Å². The van der Waals surface area contributed by atoms with Crippen LogP contribution in [-0.4, -0.2) is 47.9 Å². The van der Waals surface area contributed by atoms with Crippen LogP contribution in [0.25, 0.3) is 11.1 Å². The van der Waals surface area contributed by atoms with Crippen molar-refractivity contribution in [2.75, 3.05) is 20.3 Å². The second-order valence-electron chi connectivity index (χ2n) is 6.85. The van der Waals surface area contributed by atoms with Crippen LogP contribution < -0.4 is 10.1 Å². The summed E-state index contributed by atoms with van der Waals surface area (Å²) < 4.78 is 16.2. The number of benzene rings is 1. The average molecular weight is 382 g/mol. The monoisotopic (exact) mass is 382 g/mol. The third-order valence-corrected chi connectivity index (χ3v) is 5.13. The van der Waals surface area contributed by atoms with Crippen LogP contribution in [0.5, 0.6) is 5.75 Å². The third kappa shape index (κ3) is 3.37. The molecule has 0 bridgehead atoms. The molecule has 146 valence electrons. The zero-order valence-corrected chi connectivity index (χ0v) is 15.9. The van der Waals surface area contributed by atoms with Gasteiger partial charge in [-0.15, -0.1) is 0 Å². The summed E-state index contributed by atoms with van der Waals surface area (Å²) in [5.74, 6) is 0.830. The third-order valence-electron chi connectivity index (χ3n) is 5.13. The molecule has 2 aromatic rings. The van der Waals surface area contributed by atoms with Crippen LogP contribution in [0.4, 0.5) is 4.79 Å². The summed E-state index contributed by atoms with van der Waals surface area (Å²) in [6, 6.07) is 4.24. The fourth-order valence-corrected chi connectivity index (χ4v) is 3.85. The van der Waals surface area contributed by atoms with Crippen molar-refractivity contribution in [2.45, 2.75) is 31.7 Å². The van der Waals surface area contributed by atoms with Crippen molar-refractivity contribution < 1.29 is 19.0 Å². The van der Waals surface area contributed by atoms with Crippen LogP contribution in [0.1, 0.15) is 24.5 Å². The molecule has 1 spiro atoms. The first-order chi connectivity index (χ1) is 13.6. The van der Waals surface area contributed by atoms with Gasteiger partial charge in [0.2, 0.25) is 0 Å². The lowest BCUT2D eigenvalue weighted by atomic mass is 9.76. The predicted octanol–water partition coefficient (Wildman–Crippen LogP) is 2.51. The molecule has 0 fully saturated rings. The molecule has 28 heavy (non-hydrogen) atoms. The zero-order chi connectivity index (χ0) is 19.6. The first-order valence-corrected chi connectivity index (χ1v) is 9.25. The minimum Gasteiger partial charge on any atom is -0.496 e. The molecule has 2 aliphatic rings. The van der Waals surface area contributed by atoms with E-state index in [4.69, 9.17) is 14.2 Å². The molecule has 2 heterocycles. The van der Waals surface area contributed by atoms with Gasteiger partial charge in [0.15, 0.2) is 0 Å². The Morgan fingerprint density at radius 2 is 2.11 bits per heavy atom. The maximum Gasteiger partial charge on any atom is 0.415 e. The number of methoxy groups -OCH3 is 1. The number of aliphatic imine (C=N–C) groups is 1. The number of rotatable bonds is 3. The van der Waals surface area contributed by atoms with Gasteiger partial charge in [0.1, 0.15) is 24.2 Å². The van der Waals surface area contributed by atoms with E-state index >= 15 is 0 Å². The Morgan fingerprint density at radius 3 is 2.86 bits per heavy atom. The van der Waals surface area contributed by atoms with Crippen molar-refractivity contribution in [3.8, 4) is 16.9 Å². The molecule has 0 saturated heterocycles. The molecular weight excluding hydrogens is 360 g/mol. The molecule has 1 atom stereocenters. The first-order valence-electron chi connectivity index (χ1n) is 9.25. The highest BCUT2D eigenvalue weighted by molar-refractivity contribution is 5.91. The van der Waals surface area contributed by atoms with Crippen LogP contribution >= 0.6 is 0 Å². The topological polar surface area (TPSA) is 94.9 Å². The van der Waals surface area contributed by atoms with Crippen LogP contribution in [0.2, 0.25) is 0 Å². The number of nitrogens with zero attached hydrogens (tertiary/aromatic N) is 3. The van der Waals surface area contributed by atoms with Crippen molar-refractivity contribution >= 4 is 12.1 Å². The second kappa shape index (κ2) is 7.46. The van der Waals surface area contributed by atoms with Gasteiger partial charge in [0, 0.05) is 29.9 Å². The first kappa shape index (κ1) is 18.2. The highest BCUT2D eigenvalue weighted by Gasteiger charge is 2.42. The van der Waals surface area contributed by atoms with E-state index < -0.39 is 11.6 Å². The van der Waals surface area contributed by atoms with E-state index in [1.807, 2.05) is 18.5 Å². The Balaban J connectivity index is 1.65. The Hall–Kier alpha value is -3.16. The quantitative estimate of drug-likeness (QED) is 0.876. The average Bonchev–Trinajstić information content (AvgIpc) is 3.09. The van der Waals surface area contributed by atoms with E-state index in [1.165, 1.54) is 11.9 Å². The van der Waals surface area contributed by atoms with Crippen molar-refractivity contribution in [2.24, 2.45) is 4.99 Å². The molecular formula is C20H22N4O4. The van der Waals surface area contributed by atoms with E-state index in [1.54, 1.807) is 14.0 Å². The van der Waals surface area contributed by atoms with E-state index in [2.05, 4.69) is 26.3 Å². The standard InChI is InChI=1S/C20H22N4O4/c1-3-27-19(25)23-18-24-20(11-28-18)7-6-15-14(13-9-21-12-22-10-13)4-5-17(26-2)16(15)8-20/h4-5,9-10,12H,3,6-8,11H2,1-2H3,(H,23,24,25). The molecule has 8 nitrogen and oxygen atoms in total. The molecule has 1 aliphatic carbocycles. The van der Waals surface area contributed by atoms with Crippen LogP contribution in [0.3, 0.4) is 0 Å². The minimum absolute atomic E-state index is 0.216. The van der Waals surface area contributed by atoms with Crippen molar-refractivity contribution in [1.82, 2.24) is 15.3 Å². The Morgan fingerprint density at radius 1 is 1.29 bits per heavy atom. The van der Waals surface area contributed by atoms with Gasteiger partial charge in [-0.25, -0.2) is 25.1 Å². The second-order valence-corrected chi connectivity index (χ2v) is 6.85. The van der Waals surface area contributed by atoms with E-state index in [0.29, 0.717) is 19.6 Å².